The number of amides is 1. The maximum atomic E-state index is 13.2. The van der Waals surface area contributed by atoms with E-state index < -0.39 is 0 Å². The second-order valence-electron chi connectivity index (χ2n) is 5.19. The average Bonchev–Trinajstić information content (AvgIpc) is 2.98. The van der Waals surface area contributed by atoms with Crippen molar-refractivity contribution >= 4 is 28.6 Å². The van der Waals surface area contributed by atoms with E-state index in [4.69, 9.17) is 0 Å². The van der Waals surface area contributed by atoms with E-state index in [-0.39, 0.29) is 11.7 Å². The van der Waals surface area contributed by atoms with Gasteiger partial charge < -0.3 is 10.3 Å². The first-order valence-corrected chi connectivity index (χ1v) is 8.45. The third-order valence-corrected chi connectivity index (χ3v) is 4.54. The maximum Gasteiger partial charge on any atom is 0.267 e. The molecule has 5 heteroatoms. The Bertz CT molecular complexity index is 801. The molecule has 2 aromatic carbocycles. The highest BCUT2D eigenvalue weighted by atomic mass is 32.2. The Labute approximate surface area is 138 Å². The number of fused-ring (bicyclic) bond motifs is 1. The van der Waals surface area contributed by atoms with Crippen LogP contribution in [0.3, 0.4) is 0 Å². The minimum absolute atomic E-state index is 0.161. The van der Waals surface area contributed by atoms with Gasteiger partial charge >= 0.3 is 0 Å². The number of carbonyl (C=O) groups excluding carboxylic acids is 1. The first-order valence-electron chi connectivity index (χ1n) is 7.47. The Kier molecular flexibility index (Phi) is 4.98. The van der Waals surface area contributed by atoms with Crippen molar-refractivity contribution in [2.24, 2.45) is 0 Å². The highest BCUT2D eigenvalue weighted by Gasteiger charge is 2.09. The molecule has 0 aliphatic heterocycles. The fourth-order valence-electron chi connectivity index (χ4n) is 2.30. The second-order valence-corrected chi connectivity index (χ2v) is 6.35. The fraction of sp³-hybridized carbons (Fsp3) is 0.167. The molecule has 3 rings (SSSR count). The molecule has 3 nitrogen and oxygen atoms in total. The monoisotopic (exact) mass is 328 g/mol. The summed E-state index contributed by atoms with van der Waals surface area (Å²) in [6.45, 7) is 0.613. The third kappa shape index (κ3) is 4.13. The molecule has 0 aliphatic rings. The number of hydrogen-bond acceptors (Lipinski definition) is 2. The summed E-state index contributed by atoms with van der Waals surface area (Å²) in [6.07, 6.45) is 0.889. The number of carbonyl (C=O) groups is 1. The molecule has 1 amide bonds. The van der Waals surface area contributed by atoms with Crippen LogP contribution in [0.4, 0.5) is 4.39 Å². The lowest BCUT2D eigenvalue weighted by molar-refractivity contribution is 0.0949. The molecule has 3 aromatic rings. The van der Waals surface area contributed by atoms with Gasteiger partial charge in [0.25, 0.3) is 5.91 Å². The number of H-pyrrole nitrogens is 1. The van der Waals surface area contributed by atoms with Gasteiger partial charge in [-0.15, -0.1) is 11.8 Å². The number of halogens is 1. The molecule has 0 spiro atoms. The van der Waals surface area contributed by atoms with Gasteiger partial charge in [-0.2, -0.15) is 0 Å². The van der Waals surface area contributed by atoms with E-state index in [2.05, 4.69) is 22.4 Å². The summed E-state index contributed by atoms with van der Waals surface area (Å²) in [4.78, 5) is 16.3. The number of aromatic amines is 1. The van der Waals surface area contributed by atoms with Crippen molar-refractivity contribution in [1.82, 2.24) is 10.3 Å². The molecule has 1 aromatic heterocycles. The molecule has 0 unspecified atom stereocenters. The van der Waals surface area contributed by atoms with Gasteiger partial charge in [-0.05, 0) is 48.6 Å². The average molecular weight is 328 g/mol. The Balaban J connectivity index is 1.47. The smallest absolute Gasteiger partial charge is 0.267 e. The molecule has 0 fully saturated rings. The number of nitrogens with one attached hydrogen (secondary N) is 2. The van der Waals surface area contributed by atoms with Crippen LogP contribution in [0.1, 0.15) is 16.9 Å². The summed E-state index contributed by atoms with van der Waals surface area (Å²) in [5.41, 5.74) is 1.22. The van der Waals surface area contributed by atoms with E-state index in [9.17, 15) is 9.18 Å². The van der Waals surface area contributed by atoms with Gasteiger partial charge in [0, 0.05) is 22.3 Å². The molecule has 118 valence electrons. The molecule has 23 heavy (non-hydrogen) atoms. The molecule has 2 N–H and O–H groups in total. The predicted octanol–water partition coefficient (Wildman–Crippen LogP) is 4.22. The molecule has 0 aliphatic carbocycles. The first kappa shape index (κ1) is 15.6. The van der Waals surface area contributed by atoms with Crippen molar-refractivity contribution in [3.05, 3.63) is 66.1 Å². The van der Waals surface area contributed by atoms with Crippen LogP contribution in [0.15, 0.2) is 59.5 Å². The van der Waals surface area contributed by atoms with Crippen molar-refractivity contribution in [3.63, 3.8) is 0 Å². The SMILES string of the molecule is O=C(NCCCSc1ccccc1)c1cc2cc(F)ccc2[nH]1. The molecule has 0 radical (unpaired) electrons. The highest BCUT2D eigenvalue weighted by molar-refractivity contribution is 7.99. The van der Waals surface area contributed by atoms with Crippen LogP contribution in [0.2, 0.25) is 0 Å². The summed E-state index contributed by atoms with van der Waals surface area (Å²) in [7, 11) is 0. The predicted molar refractivity (Wildman–Crippen MR) is 92.4 cm³/mol. The number of hydrogen-bond donors (Lipinski definition) is 2. The second kappa shape index (κ2) is 7.33. The topological polar surface area (TPSA) is 44.9 Å². The fourth-order valence-corrected chi connectivity index (χ4v) is 3.18. The van der Waals surface area contributed by atoms with Crippen LogP contribution in [-0.2, 0) is 0 Å². The minimum atomic E-state index is -0.304. The summed E-state index contributed by atoms with van der Waals surface area (Å²) >= 11 is 1.77. The number of rotatable bonds is 6. The quantitative estimate of drug-likeness (QED) is 0.526. The van der Waals surface area contributed by atoms with E-state index in [0.717, 1.165) is 17.7 Å². The molecule has 0 bridgehead atoms. The molecular weight excluding hydrogens is 311 g/mol. The van der Waals surface area contributed by atoms with Crippen LogP contribution in [0.5, 0.6) is 0 Å². The number of thioether (sulfide) groups is 1. The lowest BCUT2D eigenvalue weighted by atomic mass is 10.2. The molecule has 1 heterocycles. The van der Waals surface area contributed by atoms with Gasteiger partial charge in [0.1, 0.15) is 11.5 Å². The summed E-state index contributed by atoms with van der Waals surface area (Å²) in [6, 6.07) is 16.3. The Morgan fingerprint density at radius 2 is 1.96 bits per heavy atom. The highest BCUT2D eigenvalue weighted by Crippen LogP contribution is 2.18. The standard InChI is InChI=1S/C18H17FN2OS/c19-14-7-8-16-13(11-14)12-17(21-16)18(22)20-9-4-10-23-15-5-2-1-3-6-15/h1-3,5-8,11-12,21H,4,9-10H2,(H,20,22). The maximum absolute atomic E-state index is 13.2. The molecule has 0 saturated heterocycles. The normalized spacial score (nSPS) is 10.8. The third-order valence-electron chi connectivity index (χ3n) is 3.45. The van der Waals surface area contributed by atoms with Crippen LogP contribution < -0.4 is 5.32 Å². The largest absolute Gasteiger partial charge is 0.351 e. The van der Waals surface area contributed by atoms with E-state index in [1.54, 1.807) is 23.9 Å². The van der Waals surface area contributed by atoms with Crippen LogP contribution in [-0.4, -0.2) is 23.2 Å². The van der Waals surface area contributed by atoms with Crippen molar-refractivity contribution in [2.75, 3.05) is 12.3 Å². The van der Waals surface area contributed by atoms with Crippen LogP contribution in [0.25, 0.3) is 10.9 Å². The number of benzene rings is 2. The van der Waals surface area contributed by atoms with Gasteiger partial charge in [-0.1, -0.05) is 18.2 Å². The Hall–Kier alpha value is -2.27. The van der Waals surface area contributed by atoms with Gasteiger partial charge in [0.2, 0.25) is 0 Å². The minimum Gasteiger partial charge on any atom is -0.351 e. The van der Waals surface area contributed by atoms with Crippen molar-refractivity contribution < 1.29 is 9.18 Å². The lowest BCUT2D eigenvalue weighted by Crippen LogP contribution is -2.25. The van der Waals surface area contributed by atoms with Crippen molar-refractivity contribution in [1.29, 1.82) is 0 Å². The first-order chi connectivity index (χ1) is 11.2. The molecule has 0 atom stereocenters. The van der Waals surface area contributed by atoms with Crippen LogP contribution in [0, 0.1) is 5.82 Å². The van der Waals surface area contributed by atoms with E-state index >= 15 is 0 Å². The summed E-state index contributed by atoms with van der Waals surface area (Å²) in [5.74, 6) is 0.482. The van der Waals surface area contributed by atoms with E-state index in [1.807, 2.05) is 18.2 Å². The van der Waals surface area contributed by atoms with Gasteiger partial charge in [0.15, 0.2) is 0 Å². The van der Waals surface area contributed by atoms with Gasteiger partial charge in [-0.3, -0.25) is 4.79 Å². The summed E-state index contributed by atoms with van der Waals surface area (Å²) in [5, 5.41) is 3.59. The molecular formula is C18H17FN2OS. The van der Waals surface area contributed by atoms with Gasteiger partial charge in [0.05, 0.1) is 0 Å². The van der Waals surface area contributed by atoms with Crippen molar-refractivity contribution in [3.8, 4) is 0 Å². The lowest BCUT2D eigenvalue weighted by Gasteiger charge is -2.04. The van der Waals surface area contributed by atoms with Crippen LogP contribution >= 0.6 is 11.8 Å². The van der Waals surface area contributed by atoms with E-state index in [1.165, 1.54) is 17.0 Å². The van der Waals surface area contributed by atoms with Crippen molar-refractivity contribution in [2.45, 2.75) is 11.3 Å². The Morgan fingerprint density at radius 3 is 2.78 bits per heavy atom. The summed E-state index contributed by atoms with van der Waals surface area (Å²) < 4.78 is 13.2. The zero-order valence-corrected chi connectivity index (χ0v) is 13.3. The number of aromatic nitrogens is 1. The van der Waals surface area contributed by atoms with Gasteiger partial charge in [-0.25, -0.2) is 4.39 Å². The zero-order chi connectivity index (χ0) is 16.1. The molecule has 0 saturated carbocycles. The van der Waals surface area contributed by atoms with E-state index in [0.29, 0.717) is 17.6 Å². The zero-order valence-electron chi connectivity index (χ0n) is 12.5. The Morgan fingerprint density at radius 1 is 1.13 bits per heavy atom.